The predicted octanol–water partition coefficient (Wildman–Crippen LogP) is 2.22. The maximum absolute atomic E-state index is 12.3. The second-order valence-corrected chi connectivity index (χ2v) is 6.20. The standard InChI is InChI=1S/C16H15NO3S/c18-16(12-20-13-6-2-1-3-7-13)17-10-11-21(19)15-9-5-4-8-14(15)17/h1-9H,10-12H2. The smallest absolute Gasteiger partial charge is 0.264 e. The lowest BCUT2D eigenvalue weighted by Crippen LogP contribution is -2.40. The maximum atomic E-state index is 12.3. The van der Waals surface area contributed by atoms with Crippen LogP contribution in [0.25, 0.3) is 0 Å². The molecule has 0 saturated carbocycles. The quantitative estimate of drug-likeness (QED) is 0.873. The Labute approximate surface area is 125 Å². The third-order valence-electron chi connectivity index (χ3n) is 3.31. The van der Waals surface area contributed by atoms with Gasteiger partial charge in [-0.25, -0.2) is 0 Å². The molecule has 2 aromatic rings. The second kappa shape index (κ2) is 6.10. The Kier molecular flexibility index (Phi) is 4.01. The number of hydrogen-bond acceptors (Lipinski definition) is 3. The molecule has 0 aliphatic carbocycles. The highest BCUT2D eigenvalue weighted by molar-refractivity contribution is 7.85. The average molecular weight is 301 g/mol. The van der Waals surface area contributed by atoms with E-state index in [1.165, 1.54) is 0 Å². The van der Waals surface area contributed by atoms with E-state index in [-0.39, 0.29) is 12.5 Å². The zero-order valence-corrected chi connectivity index (χ0v) is 12.2. The lowest BCUT2D eigenvalue weighted by molar-refractivity contribution is -0.120. The summed E-state index contributed by atoms with van der Waals surface area (Å²) in [5.74, 6) is 1.01. The van der Waals surface area contributed by atoms with Crippen molar-refractivity contribution in [1.29, 1.82) is 0 Å². The number of amides is 1. The fourth-order valence-corrected chi connectivity index (χ4v) is 3.49. The van der Waals surface area contributed by atoms with Crippen molar-refractivity contribution in [3.8, 4) is 5.75 Å². The molecule has 3 rings (SSSR count). The molecule has 1 unspecified atom stereocenters. The highest BCUT2D eigenvalue weighted by atomic mass is 32.2. The topological polar surface area (TPSA) is 46.6 Å². The molecule has 1 aliphatic rings. The first-order valence-electron chi connectivity index (χ1n) is 6.71. The Morgan fingerprint density at radius 2 is 1.81 bits per heavy atom. The van der Waals surface area contributed by atoms with Crippen LogP contribution in [0.15, 0.2) is 59.5 Å². The fraction of sp³-hybridized carbons (Fsp3) is 0.188. The van der Waals surface area contributed by atoms with Crippen molar-refractivity contribution in [3.63, 3.8) is 0 Å². The minimum atomic E-state index is -1.03. The fourth-order valence-electron chi connectivity index (χ4n) is 2.28. The van der Waals surface area contributed by atoms with E-state index in [0.29, 0.717) is 18.0 Å². The van der Waals surface area contributed by atoms with E-state index in [4.69, 9.17) is 4.74 Å². The first-order valence-corrected chi connectivity index (χ1v) is 8.03. The van der Waals surface area contributed by atoms with Crippen LogP contribution < -0.4 is 9.64 Å². The van der Waals surface area contributed by atoms with Gasteiger partial charge in [0.25, 0.3) is 5.91 Å². The molecule has 21 heavy (non-hydrogen) atoms. The number of para-hydroxylation sites is 2. The number of anilines is 1. The second-order valence-electron chi connectivity index (χ2n) is 4.66. The van der Waals surface area contributed by atoms with Crippen LogP contribution in [0.5, 0.6) is 5.75 Å². The van der Waals surface area contributed by atoms with Gasteiger partial charge in [0.1, 0.15) is 5.75 Å². The molecule has 0 aromatic heterocycles. The van der Waals surface area contributed by atoms with E-state index in [0.717, 1.165) is 10.6 Å². The highest BCUT2D eigenvalue weighted by Gasteiger charge is 2.26. The monoisotopic (exact) mass is 301 g/mol. The number of fused-ring (bicyclic) bond motifs is 1. The van der Waals surface area contributed by atoms with Crippen molar-refractivity contribution >= 4 is 22.4 Å². The molecule has 1 aliphatic heterocycles. The molecule has 0 fully saturated rings. The van der Waals surface area contributed by atoms with Gasteiger partial charge in [-0.2, -0.15) is 0 Å². The van der Waals surface area contributed by atoms with Gasteiger partial charge in [-0.1, -0.05) is 30.3 Å². The Hall–Kier alpha value is -2.14. The highest BCUT2D eigenvalue weighted by Crippen LogP contribution is 2.28. The summed E-state index contributed by atoms with van der Waals surface area (Å²) in [5.41, 5.74) is 0.726. The van der Waals surface area contributed by atoms with Gasteiger partial charge in [0.2, 0.25) is 0 Å². The van der Waals surface area contributed by atoms with Gasteiger partial charge in [0.15, 0.2) is 6.61 Å². The molecule has 0 spiro atoms. The predicted molar refractivity (Wildman–Crippen MR) is 82.0 cm³/mol. The van der Waals surface area contributed by atoms with Gasteiger partial charge in [0, 0.05) is 12.3 Å². The third-order valence-corrected chi connectivity index (χ3v) is 4.70. The van der Waals surface area contributed by atoms with Gasteiger partial charge < -0.3 is 9.64 Å². The average Bonchev–Trinajstić information content (AvgIpc) is 2.54. The summed E-state index contributed by atoms with van der Waals surface area (Å²) < 4.78 is 17.5. The number of nitrogens with zero attached hydrogens (tertiary/aromatic N) is 1. The Morgan fingerprint density at radius 1 is 1.10 bits per heavy atom. The number of rotatable bonds is 3. The minimum Gasteiger partial charge on any atom is -0.484 e. The van der Waals surface area contributed by atoms with Crippen molar-refractivity contribution in [2.75, 3.05) is 23.8 Å². The van der Waals surface area contributed by atoms with Crippen LogP contribution in [0.4, 0.5) is 5.69 Å². The summed E-state index contributed by atoms with van der Waals surface area (Å²) >= 11 is 0. The molecule has 1 amide bonds. The van der Waals surface area contributed by atoms with Crippen LogP contribution >= 0.6 is 0 Å². The molecule has 0 bridgehead atoms. The Balaban J connectivity index is 1.74. The van der Waals surface area contributed by atoms with Crippen LogP contribution in [-0.4, -0.2) is 29.0 Å². The number of benzene rings is 2. The third kappa shape index (κ3) is 2.97. The van der Waals surface area contributed by atoms with Crippen LogP contribution in [0, 0.1) is 0 Å². The van der Waals surface area contributed by atoms with Crippen molar-refractivity contribution in [2.24, 2.45) is 0 Å². The lowest BCUT2D eigenvalue weighted by atomic mass is 10.2. The van der Waals surface area contributed by atoms with Crippen LogP contribution in [0.1, 0.15) is 0 Å². The molecule has 108 valence electrons. The van der Waals surface area contributed by atoms with E-state index in [9.17, 15) is 9.00 Å². The zero-order chi connectivity index (χ0) is 14.7. The van der Waals surface area contributed by atoms with Gasteiger partial charge in [-0.3, -0.25) is 9.00 Å². The number of hydrogen-bond donors (Lipinski definition) is 0. The number of carbonyl (C=O) groups excluding carboxylic acids is 1. The Bertz CT molecular complexity index is 672. The van der Waals surface area contributed by atoms with E-state index in [1.54, 1.807) is 4.90 Å². The molecule has 5 heteroatoms. The first kappa shape index (κ1) is 13.8. The van der Waals surface area contributed by atoms with Crippen LogP contribution in [0.2, 0.25) is 0 Å². The van der Waals surface area contributed by atoms with E-state index in [2.05, 4.69) is 0 Å². The first-order chi connectivity index (χ1) is 10.3. The van der Waals surface area contributed by atoms with Gasteiger partial charge in [0.05, 0.1) is 21.4 Å². The summed E-state index contributed by atoms with van der Waals surface area (Å²) in [6, 6.07) is 16.6. The largest absolute Gasteiger partial charge is 0.484 e. The van der Waals surface area contributed by atoms with Crippen molar-refractivity contribution in [2.45, 2.75) is 4.90 Å². The molecule has 0 N–H and O–H groups in total. The summed E-state index contributed by atoms with van der Waals surface area (Å²) in [6.07, 6.45) is 0. The molecule has 1 heterocycles. The molecule has 0 saturated heterocycles. The molecule has 2 aromatic carbocycles. The van der Waals surface area contributed by atoms with E-state index < -0.39 is 10.8 Å². The summed E-state index contributed by atoms with van der Waals surface area (Å²) in [5, 5.41) is 0. The van der Waals surface area contributed by atoms with E-state index >= 15 is 0 Å². The zero-order valence-electron chi connectivity index (χ0n) is 11.4. The normalized spacial score (nSPS) is 17.1. The molecular weight excluding hydrogens is 286 g/mol. The maximum Gasteiger partial charge on any atom is 0.264 e. The summed E-state index contributed by atoms with van der Waals surface area (Å²) in [7, 11) is -1.03. The van der Waals surface area contributed by atoms with Crippen molar-refractivity contribution in [1.82, 2.24) is 0 Å². The minimum absolute atomic E-state index is 0.0228. The number of carbonyl (C=O) groups is 1. The molecule has 0 radical (unpaired) electrons. The van der Waals surface area contributed by atoms with E-state index in [1.807, 2.05) is 54.6 Å². The molecular formula is C16H15NO3S. The Morgan fingerprint density at radius 3 is 2.62 bits per heavy atom. The molecule has 1 atom stereocenters. The SMILES string of the molecule is O=C(COc1ccccc1)N1CCS(=O)c2ccccc21. The summed E-state index contributed by atoms with van der Waals surface area (Å²) in [6.45, 7) is 0.436. The number of ether oxygens (including phenoxy) is 1. The van der Waals surface area contributed by atoms with Gasteiger partial charge in [-0.15, -0.1) is 0 Å². The molecule has 4 nitrogen and oxygen atoms in total. The lowest BCUT2D eigenvalue weighted by Gasteiger charge is -2.28. The van der Waals surface area contributed by atoms with Gasteiger partial charge >= 0.3 is 0 Å². The summed E-state index contributed by atoms with van der Waals surface area (Å²) in [4.78, 5) is 14.7. The van der Waals surface area contributed by atoms with Crippen molar-refractivity contribution < 1.29 is 13.7 Å². The van der Waals surface area contributed by atoms with Crippen LogP contribution in [-0.2, 0) is 15.6 Å². The van der Waals surface area contributed by atoms with Crippen molar-refractivity contribution in [3.05, 3.63) is 54.6 Å². The van der Waals surface area contributed by atoms with Gasteiger partial charge in [-0.05, 0) is 24.3 Å². The van der Waals surface area contributed by atoms with Crippen LogP contribution in [0.3, 0.4) is 0 Å².